The standard InChI is InChI=1S/C24H24F2N4O5S/c1-12-14(3-4-15(25)18(12)26)19-17(22(31)34-2)16(28-20(29-19)21-27-7-8-36-21)9-30-13-5-6-24(30,23(32)33)11-35-10-13/h3-4,7-8,13,19H,5-6,9-11H2,1-2H3,(H,28,29)(H,32,33)/t13-,19+,24-/m1/s1. The molecular formula is C24H24F2N4O5S. The van der Waals surface area contributed by atoms with Crippen molar-refractivity contribution in [2.24, 2.45) is 4.99 Å². The number of halogens is 2. The number of carbonyl (C=O) groups is 2. The zero-order valence-electron chi connectivity index (χ0n) is 19.6. The summed E-state index contributed by atoms with van der Waals surface area (Å²) in [6.45, 7) is 1.88. The molecule has 36 heavy (non-hydrogen) atoms. The molecule has 0 radical (unpaired) electrons. The second kappa shape index (κ2) is 9.34. The van der Waals surface area contributed by atoms with Crippen LogP contribution in [0.4, 0.5) is 8.78 Å². The third-order valence-corrected chi connectivity index (χ3v) is 7.88. The van der Waals surface area contributed by atoms with Crippen molar-refractivity contribution in [1.82, 2.24) is 15.2 Å². The van der Waals surface area contributed by atoms with Gasteiger partial charge in [-0.3, -0.25) is 14.7 Å². The van der Waals surface area contributed by atoms with Gasteiger partial charge in [0.15, 0.2) is 22.5 Å². The molecule has 3 atom stereocenters. The molecule has 9 nitrogen and oxygen atoms in total. The van der Waals surface area contributed by atoms with E-state index in [0.717, 1.165) is 6.07 Å². The molecule has 0 amide bonds. The van der Waals surface area contributed by atoms with Gasteiger partial charge in [0.25, 0.3) is 0 Å². The van der Waals surface area contributed by atoms with Crippen LogP contribution in [-0.4, -0.2) is 71.2 Å². The monoisotopic (exact) mass is 518 g/mol. The summed E-state index contributed by atoms with van der Waals surface area (Å²) in [5.74, 6) is -3.40. The van der Waals surface area contributed by atoms with Crippen LogP contribution in [0.2, 0.25) is 0 Å². The van der Waals surface area contributed by atoms with Crippen molar-refractivity contribution in [1.29, 1.82) is 0 Å². The molecule has 5 rings (SSSR count). The van der Waals surface area contributed by atoms with Gasteiger partial charge >= 0.3 is 11.9 Å². The number of amidine groups is 1. The number of aliphatic imine (C=N–C) groups is 1. The number of nitrogens with zero attached hydrogens (tertiary/aromatic N) is 3. The lowest BCUT2D eigenvalue weighted by Crippen LogP contribution is -2.61. The molecular weight excluding hydrogens is 494 g/mol. The number of carboxylic acid groups (broad SMARTS) is 1. The Morgan fingerprint density at radius 1 is 1.39 bits per heavy atom. The highest BCUT2D eigenvalue weighted by Gasteiger charge is 2.55. The number of nitrogens with one attached hydrogen (secondary N) is 1. The molecule has 0 aliphatic carbocycles. The topological polar surface area (TPSA) is 113 Å². The molecule has 1 aromatic carbocycles. The molecule has 12 heteroatoms. The van der Waals surface area contributed by atoms with E-state index in [1.165, 1.54) is 31.4 Å². The SMILES string of the molecule is COC(=O)C1=C(CN2[C@@H]3CC[C@]2(C(=O)O)COC3)NC(c2nccs2)=N[C@H]1c1ccc(F)c(F)c1C. The third kappa shape index (κ3) is 3.89. The molecule has 2 saturated heterocycles. The van der Waals surface area contributed by atoms with E-state index in [9.17, 15) is 23.5 Å². The first-order chi connectivity index (χ1) is 17.3. The highest BCUT2D eigenvalue weighted by atomic mass is 32.1. The Morgan fingerprint density at radius 2 is 2.19 bits per heavy atom. The van der Waals surface area contributed by atoms with Gasteiger partial charge in [0.2, 0.25) is 0 Å². The van der Waals surface area contributed by atoms with Crippen LogP contribution >= 0.6 is 11.3 Å². The molecule has 0 unspecified atom stereocenters. The van der Waals surface area contributed by atoms with Crippen molar-refractivity contribution in [2.45, 2.75) is 37.4 Å². The summed E-state index contributed by atoms with van der Waals surface area (Å²) >= 11 is 1.31. The number of rotatable bonds is 6. The number of hydrogen-bond donors (Lipinski definition) is 2. The summed E-state index contributed by atoms with van der Waals surface area (Å²) in [5, 5.41) is 15.6. The van der Waals surface area contributed by atoms with Crippen LogP contribution in [0.1, 0.15) is 35.0 Å². The van der Waals surface area contributed by atoms with Crippen LogP contribution in [0.25, 0.3) is 0 Å². The number of aromatic nitrogens is 1. The normalized spacial score (nSPS) is 25.9. The van der Waals surface area contributed by atoms with Gasteiger partial charge in [-0.2, -0.15) is 0 Å². The number of methoxy groups -OCH3 is 1. The van der Waals surface area contributed by atoms with Gasteiger partial charge < -0.3 is 19.9 Å². The molecule has 2 fully saturated rings. The number of ether oxygens (including phenoxy) is 2. The minimum absolute atomic E-state index is 0.0124. The summed E-state index contributed by atoms with van der Waals surface area (Å²) < 4.78 is 39.2. The van der Waals surface area contributed by atoms with Gasteiger partial charge in [-0.05, 0) is 37.0 Å². The van der Waals surface area contributed by atoms with Gasteiger partial charge in [-0.15, -0.1) is 11.3 Å². The van der Waals surface area contributed by atoms with E-state index >= 15 is 0 Å². The molecule has 2 N–H and O–H groups in total. The quantitative estimate of drug-likeness (QED) is 0.561. The fraction of sp³-hybridized carbons (Fsp3) is 0.417. The summed E-state index contributed by atoms with van der Waals surface area (Å²) in [4.78, 5) is 36.3. The smallest absolute Gasteiger partial charge is 0.338 e. The highest BCUT2D eigenvalue weighted by molar-refractivity contribution is 7.11. The number of esters is 1. The largest absolute Gasteiger partial charge is 0.480 e. The van der Waals surface area contributed by atoms with Crippen LogP contribution < -0.4 is 5.32 Å². The van der Waals surface area contributed by atoms with E-state index < -0.39 is 35.2 Å². The van der Waals surface area contributed by atoms with Gasteiger partial charge in [-0.25, -0.2) is 18.6 Å². The zero-order chi connectivity index (χ0) is 25.6. The summed E-state index contributed by atoms with van der Waals surface area (Å²) in [5.41, 5.74) is -0.463. The lowest BCUT2D eigenvalue weighted by molar-refractivity contribution is -0.161. The van der Waals surface area contributed by atoms with Gasteiger partial charge in [0, 0.05) is 29.9 Å². The van der Waals surface area contributed by atoms with E-state index in [0.29, 0.717) is 41.6 Å². The van der Waals surface area contributed by atoms with Crippen LogP contribution in [0.15, 0.2) is 40.0 Å². The second-order valence-electron chi connectivity index (χ2n) is 8.97. The number of hydrogen-bond acceptors (Lipinski definition) is 9. The van der Waals surface area contributed by atoms with Crippen molar-refractivity contribution < 1.29 is 33.0 Å². The minimum Gasteiger partial charge on any atom is -0.480 e. The summed E-state index contributed by atoms with van der Waals surface area (Å²) in [6, 6.07) is 1.20. The lowest BCUT2D eigenvalue weighted by Gasteiger charge is -2.42. The molecule has 2 aromatic rings. The Labute approximate surface area is 209 Å². The molecule has 190 valence electrons. The van der Waals surface area contributed by atoms with Crippen molar-refractivity contribution in [3.05, 3.63) is 62.7 Å². The Kier molecular flexibility index (Phi) is 6.35. The maximum atomic E-state index is 14.6. The summed E-state index contributed by atoms with van der Waals surface area (Å²) in [7, 11) is 1.22. The van der Waals surface area contributed by atoms with Crippen molar-refractivity contribution in [3.8, 4) is 0 Å². The Morgan fingerprint density at radius 3 is 2.89 bits per heavy atom. The molecule has 3 aliphatic rings. The molecule has 1 aromatic heterocycles. The van der Waals surface area contributed by atoms with Gasteiger partial charge in [0.1, 0.15) is 11.6 Å². The maximum Gasteiger partial charge on any atom is 0.338 e. The van der Waals surface area contributed by atoms with Crippen molar-refractivity contribution >= 4 is 29.1 Å². The first-order valence-electron chi connectivity index (χ1n) is 11.3. The van der Waals surface area contributed by atoms with Crippen LogP contribution in [-0.2, 0) is 19.1 Å². The molecule has 2 bridgehead atoms. The van der Waals surface area contributed by atoms with Gasteiger partial charge in [-0.1, -0.05) is 6.07 Å². The van der Waals surface area contributed by atoms with E-state index in [4.69, 9.17) is 9.47 Å². The van der Waals surface area contributed by atoms with Gasteiger partial charge in [0.05, 0.1) is 25.9 Å². The lowest BCUT2D eigenvalue weighted by atomic mass is 9.91. The Hall–Kier alpha value is -3.22. The third-order valence-electron chi connectivity index (χ3n) is 7.10. The van der Waals surface area contributed by atoms with E-state index in [1.807, 2.05) is 4.90 Å². The molecule has 0 spiro atoms. The zero-order valence-corrected chi connectivity index (χ0v) is 20.4. The number of carbonyl (C=O) groups excluding carboxylic acids is 1. The summed E-state index contributed by atoms with van der Waals surface area (Å²) in [6.07, 6.45) is 2.64. The number of thiazole rings is 1. The van der Waals surface area contributed by atoms with E-state index in [-0.39, 0.29) is 30.3 Å². The predicted molar refractivity (Wildman–Crippen MR) is 126 cm³/mol. The molecule has 0 saturated carbocycles. The number of morpholine rings is 1. The van der Waals surface area contributed by atoms with Crippen LogP contribution in [0.5, 0.6) is 0 Å². The van der Waals surface area contributed by atoms with Crippen LogP contribution in [0.3, 0.4) is 0 Å². The maximum absolute atomic E-state index is 14.6. The highest BCUT2D eigenvalue weighted by Crippen LogP contribution is 2.41. The van der Waals surface area contributed by atoms with Crippen molar-refractivity contribution in [3.63, 3.8) is 0 Å². The predicted octanol–water partition coefficient (Wildman–Crippen LogP) is 2.57. The number of carboxylic acids is 1. The average molecular weight is 519 g/mol. The Bertz CT molecular complexity index is 1280. The average Bonchev–Trinajstić information content (AvgIpc) is 3.46. The first-order valence-corrected chi connectivity index (χ1v) is 12.2. The fourth-order valence-electron chi connectivity index (χ4n) is 5.20. The molecule has 3 aliphatic heterocycles. The Balaban J connectivity index is 1.66. The molecule has 4 heterocycles. The van der Waals surface area contributed by atoms with Crippen LogP contribution in [0, 0.1) is 18.6 Å². The number of aliphatic carboxylic acids is 1. The number of fused-ring (bicyclic) bond motifs is 2. The first kappa shape index (κ1) is 24.5. The minimum atomic E-state index is -1.23. The number of benzene rings is 1. The fourth-order valence-corrected chi connectivity index (χ4v) is 5.78. The van der Waals surface area contributed by atoms with E-state index in [1.54, 1.807) is 11.6 Å². The van der Waals surface area contributed by atoms with E-state index in [2.05, 4.69) is 15.3 Å². The second-order valence-corrected chi connectivity index (χ2v) is 9.87. The van der Waals surface area contributed by atoms with Crippen molar-refractivity contribution in [2.75, 3.05) is 26.9 Å².